The summed E-state index contributed by atoms with van der Waals surface area (Å²) in [4.78, 5) is 15.6. The van der Waals surface area contributed by atoms with Gasteiger partial charge in [0.15, 0.2) is 0 Å². The minimum atomic E-state index is -3.49. The van der Waals surface area contributed by atoms with Crippen LogP contribution in [0.1, 0.15) is 30.2 Å². The van der Waals surface area contributed by atoms with Gasteiger partial charge in [0.2, 0.25) is 15.9 Å². The minimum absolute atomic E-state index is 0.0334. The van der Waals surface area contributed by atoms with Crippen molar-refractivity contribution in [2.75, 3.05) is 32.7 Å². The van der Waals surface area contributed by atoms with Gasteiger partial charge in [-0.2, -0.15) is 4.31 Å². The van der Waals surface area contributed by atoms with Crippen LogP contribution in [0, 0.1) is 0 Å². The third-order valence-corrected chi connectivity index (χ3v) is 7.71. The van der Waals surface area contributed by atoms with Crippen molar-refractivity contribution in [1.29, 1.82) is 0 Å². The van der Waals surface area contributed by atoms with Crippen LogP contribution in [0.15, 0.2) is 46.7 Å². The van der Waals surface area contributed by atoms with Crippen LogP contribution < -0.4 is 5.32 Å². The van der Waals surface area contributed by atoms with Crippen molar-refractivity contribution in [1.82, 2.24) is 14.5 Å². The van der Waals surface area contributed by atoms with Crippen LogP contribution in [0.3, 0.4) is 0 Å². The zero-order valence-electron chi connectivity index (χ0n) is 16.3. The second kappa shape index (κ2) is 9.17. The molecule has 1 amide bonds. The number of benzene rings is 1. The zero-order valence-corrected chi connectivity index (χ0v) is 17.9. The summed E-state index contributed by atoms with van der Waals surface area (Å²) in [6.45, 7) is 6.89. The van der Waals surface area contributed by atoms with Gasteiger partial charge in [-0.1, -0.05) is 32.0 Å². The zero-order chi connectivity index (χ0) is 20.1. The maximum absolute atomic E-state index is 12.9. The van der Waals surface area contributed by atoms with E-state index in [1.54, 1.807) is 23.5 Å². The maximum Gasteiger partial charge on any atom is 0.243 e. The SMILES string of the molecule is CC(C)c1ccc(S(=O)(=O)N2CCN(CC(=O)NCc3cccs3)CC2)cc1. The van der Waals surface area contributed by atoms with Gasteiger partial charge in [0.25, 0.3) is 0 Å². The molecule has 0 aliphatic carbocycles. The predicted molar refractivity (Wildman–Crippen MR) is 112 cm³/mol. The van der Waals surface area contributed by atoms with E-state index in [1.807, 2.05) is 34.5 Å². The summed E-state index contributed by atoms with van der Waals surface area (Å²) in [6.07, 6.45) is 0. The first kappa shape index (κ1) is 21.0. The molecule has 1 fully saturated rings. The van der Waals surface area contributed by atoms with Crippen LogP contribution in [-0.2, 0) is 21.4 Å². The van der Waals surface area contributed by atoms with E-state index in [9.17, 15) is 13.2 Å². The number of rotatable bonds is 7. The second-order valence-corrected chi connectivity index (χ2v) is 10.2. The van der Waals surface area contributed by atoms with Gasteiger partial charge < -0.3 is 5.32 Å². The maximum atomic E-state index is 12.9. The van der Waals surface area contributed by atoms with Gasteiger partial charge >= 0.3 is 0 Å². The molecule has 0 radical (unpaired) electrons. The lowest BCUT2D eigenvalue weighted by Crippen LogP contribution is -2.50. The summed E-state index contributed by atoms with van der Waals surface area (Å²) >= 11 is 1.61. The number of piperazine rings is 1. The molecule has 1 aliphatic heterocycles. The molecule has 6 nitrogen and oxygen atoms in total. The molecule has 1 aromatic heterocycles. The molecule has 0 atom stereocenters. The molecule has 28 heavy (non-hydrogen) atoms. The first-order valence-electron chi connectivity index (χ1n) is 9.48. The van der Waals surface area contributed by atoms with E-state index in [4.69, 9.17) is 0 Å². The fraction of sp³-hybridized carbons (Fsp3) is 0.450. The number of nitrogens with one attached hydrogen (secondary N) is 1. The Morgan fingerprint density at radius 3 is 2.36 bits per heavy atom. The summed E-state index contributed by atoms with van der Waals surface area (Å²) in [6, 6.07) is 11.1. The molecule has 2 aromatic rings. The van der Waals surface area contributed by atoms with Gasteiger partial charge in [0.1, 0.15) is 0 Å². The molecule has 1 N–H and O–H groups in total. The molecule has 2 heterocycles. The molecule has 0 spiro atoms. The number of carbonyl (C=O) groups is 1. The first-order chi connectivity index (χ1) is 13.4. The number of hydrogen-bond donors (Lipinski definition) is 1. The van der Waals surface area contributed by atoms with Gasteiger partial charge in [-0.3, -0.25) is 9.69 Å². The summed E-state index contributed by atoms with van der Waals surface area (Å²) < 4.78 is 27.2. The van der Waals surface area contributed by atoms with Crippen molar-refractivity contribution in [2.24, 2.45) is 0 Å². The van der Waals surface area contributed by atoms with Crippen LogP contribution in [0.5, 0.6) is 0 Å². The van der Waals surface area contributed by atoms with E-state index in [0.29, 0.717) is 50.1 Å². The number of amides is 1. The number of sulfonamides is 1. The van der Waals surface area contributed by atoms with Crippen LogP contribution in [0.4, 0.5) is 0 Å². The van der Waals surface area contributed by atoms with E-state index < -0.39 is 10.0 Å². The lowest BCUT2D eigenvalue weighted by atomic mass is 10.0. The van der Waals surface area contributed by atoms with E-state index in [-0.39, 0.29) is 5.91 Å². The van der Waals surface area contributed by atoms with Crippen molar-refractivity contribution in [2.45, 2.75) is 31.2 Å². The third kappa shape index (κ3) is 5.20. The number of nitrogens with zero attached hydrogens (tertiary/aromatic N) is 2. The van der Waals surface area contributed by atoms with Gasteiger partial charge in [-0.15, -0.1) is 11.3 Å². The molecule has 0 saturated carbocycles. The fourth-order valence-electron chi connectivity index (χ4n) is 3.16. The smallest absolute Gasteiger partial charge is 0.243 e. The molecule has 1 saturated heterocycles. The topological polar surface area (TPSA) is 69.7 Å². The van der Waals surface area contributed by atoms with Gasteiger partial charge in [0, 0.05) is 31.1 Å². The number of carbonyl (C=O) groups excluding carboxylic acids is 1. The minimum Gasteiger partial charge on any atom is -0.350 e. The quantitative estimate of drug-likeness (QED) is 0.746. The molecule has 8 heteroatoms. The highest BCUT2D eigenvalue weighted by atomic mass is 32.2. The standard InChI is InChI=1S/C20H27N3O3S2/c1-16(2)17-5-7-19(8-6-17)28(25,26)23-11-9-22(10-12-23)15-20(24)21-14-18-4-3-13-27-18/h3-8,13,16H,9-12,14-15H2,1-2H3,(H,21,24). The van der Waals surface area contributed by atoms with E-state index >= 15 is 0 Å². The van der Waals surface area contributed by atoms with Crippen LogP contribution in [0.2, 0.25) is 0 Å². The van der Waals surface area contributed by atoms with E-state index in [0.717, 1.165) is 10.4 Å². The van der Waals surface area contributed by atoms with Crippen LogP contribution in [-0.4, -0.2) is 56.3 Å². The molecule has 1 aliphatic rings. The second-order valence-electron chi connectivity index (χ2n) is 7.26. The van der Waals surface area contributed by atoms with Crippen molar-refractivity contribution in [3.05, 3.63) is 52.2 Å². The first-order valence-corrected chi connectivity index (χ1v) is 11.8. The third-order valence-electron chi connectivity index (χ3n) is 4.92. The van der Waals surface area contributed by atoms with Crippen molar-refractivity contribution < 1.29 is 13.2 Å². The van der Waals surface area contributed by atoms with E-state index in [2.05, 4.69) is 19.2 Å². The Labute approximate surface area is 171 Å². The average Bonchev–Trinajstić information content (AvgIpc) is 3.20. The monoisotopic (exact) mass is 421 g/mol. The number of hydrogen-bond acceptors (Lipinski definition) is 5. The lowest BCUT2D eigenvalue weighted by Gasteiger charge is -2.33. The molecule has 152 valence electrons. The van der Waals surface area contributed by atoms with Crippen LogP contribution >= 0.6 is 11.3 Å². The fourth-order valence-corrected chi connectivity index (χ4v) is 5.23. The molecule has 0 unspecified atom stereocenters. The van der Waals surface area contributed by atoms with Crippen LogP contribution in [0.25, 0.3) is 0 Å². The summed E-state index contributed by atoms with van der Waals surface area (Å²) in [5.74, 6) is 0.334. The highest BCUT2D eigenvalue weighted by molar-refractivity contribution is 7.89. The van der Waals surface area contributed by atoms with E-state index in [1.165, 1.54) is 4.31 Å². The van der Waals surface area contributed by atoms with Crippen molar-refractivity contribution in [3.63, 3.8) is 0 Å². The largest absolute Gasteiger partial charge is 0.350 e. The van der Waals surface area contributed by atoms with Crippen molar-refractivity contribution in [3.8, 4) is 0 Å². The molecule has 3 rings (SSSR count). The molecular weight excluding hydrogens is 394 g/mol. The Morgan fingerprint density at radius 1 is 1.11 bits per heavy atom. The molecule has 0 bridgehead atoms. The van der Waals surface area contributed by atoms with Gasteiger partial charge in [-0.25, -0.2) is 8.42 Å². The lowest BCUT2D eigenvalue weighted by molar-refractivity contribution is -0.122. The average molecular weight is 422 g/mol. The summed E-state index contributed by atoms with van der Waals surface area (Å²) in [5.41, 5.74) is 1.12. The van der Waals surface area contributed by atoms with Crippen molar-refractivity contribution >= 4 is 27.3 Å². The molecular formula is C20H27N3O3S2. The molecule has 1 aromatic carbocycles. The van der Waals surface area contributed by atoms with Gasteiger partial charge in [0.05, 0.1) is 18.0 Å². The number of thiophene rings is 1. The predicted octanol–water partition coefficient (Wildman–Crippen LogP) is 2.49. The Bertz CT molecular complexity index is 870. The summed E-state index contributed by atoms with van der Waals surface area (Å²) in [5, 5.41) is 4.90. The highest BCUT2D eigenvalue weighted by Crippen LogP contribution is 2.21. The van der Waals surface area contributed by atoms with Gasteiger partial charge in [-0.05, 0) is 35.1 Å². The Balaban J connectivity index is 1.50. The Morgan fingerprint density at radius 2 is 1.79 bits per heavy atom. The Kier molecular flexibility index (Phi) is 6.87. The Hall–Kier alpha value is -1.74. The highest BCUT2D eigenvalue weighted by Gasteiger charge is 2.29. The normalized spacial score (nSPS) is 16.4. The summed E-state index contributed by atoms with van der Waals surface area (Å²) in [7, 11) is -3.49.